The summed E-state index contributed by atoms with van der Waals surface area (Å²) in [7, 11) is 0. The largest absolute Gasteiger partial charge is 0.487 e. The number of primary amides is 1. The average molecular weight is 586 g/mol. The third-order valence-electron chi connectivity index (χ3n) is 6.67. The van der Waals surface area contributed by atoms with Crippen molar-refractivity contribution < 1.29 is 14.3 Å². The van der Waals surface area contributed by atoms with Crippen LogP contribution in [0.5, 0.6) is 11.6 Å². The Morgan fingerprint density at radius 3 is 2.27 bits per heavy atom. The molecule has 5 aromatic rings. The van der Waals surface area contributed by atoms with Gasteiger partial charge in [-0.15, -0.1) is 0 Å². The monoisotopic (exact) mass is 585 g/mol. The number of rotatable bonds is 13. The Balaban J connectivity index is 1.45. The van der Waals surface area contributed by atoms with Crippen molar-refractivity contribution in [2.75, 3.05) is 10.6 Å². The molecule has 0 saturated heterocycles. The molecule has 0 saturated carbocycles. The molecule has 220 valence electrons. The summed E-state index contributed by atoms with van der Waals surface area (Å²) in [6.07, 6.45) is 2.13. The number of hydrogen-bond acceptors (Lipinski definition) is 9. The zero-order valence-corrected chi connectivity index (χ0v) is 24.1. The molecule has 0 spiro atoms. The molecule has 10 nitrogen and oxygen atoms in total. The molecule has 0 fully saturated rings. The van der Waals surface area contributed by atoms with E-state index in [9.17, 15) is 10.1 Å². The van der Waals surface area contributed by atoms with Crippen LogP contribution in [0.2, 0.25) is 0 Å². The minimum absolute atomic E-state index is 0.0631. The fourth-order valence-electron chi connectivity index (χ4n) is 4.40. The highest BCUT2D eigenvalue weighted by atomic mass is 16.5. The van der Waals surface area contributed by atoms with Crippen molar-refractivity contribution in [1.29, 1.82) is 5.26 Å². The molecule has 3 aromatic carbocycles. The lowest BCUT2D eigenvalue weighted by Gasteiger charge is -2.17. The number of aromatic nitrogens is 3. The maximum absolute atomic E-state index is 11.9. The van der Waals surface area contributed by atoms with E-state index in [0.717, 1.165) is 16.7 Å². The quantitative estimate of drug-likeness (QED) is 0.152. The van der Waals surface area contributed by atoms with Crippen LogP contribution in [-0.4, -0.2) is 26.9 Å². The number of pyridine rings is 1. The number of hydrogen-bond donors (Lipinski definition) is 3. The number of benzene rings is 3. The van der Waals surface area contributed by atoms with Crippen molar-refractivity contribution in [3.63, 3.8) is 0 Å². The molecule has 0 aliphatic heterocycles. The van der Waals surface area contributed by atoms with Gasteiger partial charge in [0.1, 0.15) is 36.8 Å². The van der Waals surface area contributed by atoms with Crippen LogP contribution in [0.4, 0.5) is 17.5 Å². The highest BCUT2D eigenvalue weighted by molar-refractivity contribution is 5.82. The van der Waals surface area contributed by atoms with Crippen LogP contribution < -0.4 is 25.8 Å². The molecule has 5 rings (SSSR count). The van der Waals surface area contributed by atoms with Crippen LogP contribution in [0.3, 0.4) is 0 Å². The van der Waals surface area contributed by atoms with E-state index in [0.29, 0.717) is 30.2 Å². The fraction of sp³-hybridized carbons (Fsp3) is 0.147. The molecular weight excluding hydrogens is 554 g/mol. The summed E-state index contributed by atoms with van der Waals surface area (Å²) in [4.78, 5) is 25.5. The molecule has 1 atom stereocenters. The van der Waals surface area contributed by atoms with Crippen LogP contribution in [0.25, 0.3) is 11.3 Å². The van der Waals surface area contributed by atoms with Crippen molar-refractivity contribution in [2.24, 2.45) is 5.73 Å². The zero-order chi connectivity index (χ0) is 30.7. The minimum Gasteiger partial charge on any atom is -0.487 e. The summed E-state index contributed by atoms with van der Waals surface area (Å²) >= 11 is 0. The minimum atomic E-state index is -0.709. The number of carbonyl (C=O) groups excluding carboxylic acids is 1. The summed E-state index contributed by atoms with van der Waals surface area (Å²) < 4.78 is 12.1. The Hall–Kier alpha value is -5.95. The third-order valence-corrected chi connectivity index (χ3v) is 6.67. The molecule has 0 radical (unpaired) electrons. The number of carbonyl (C=O) groups is 1. The predicted octanol–water partition coefficient (Wildman–Crippen LogP) is 5.99. The van der Waals surface area contributed by atoms with Gasteiger partial charge in [0, 0.05) is 17.4 Å². The van der Waals surface area contributed by atoms with Gasteiger partial charge >= 0.3 is 0 Å². The number of nitrogens with one attached hydrogen (secondary N) is 2. The highest BCUT2D eigenvalue weighted by Crippen LogP contribution is 2.32. The van der Waals surface area contributed by atoms with E-state index in [1.807, 2.05) is 104 Å². The van der Waals surface area contributed by atoms with Crippen molar-refractivity contribution in [3.05, 3.63) is 120 Å². The second-order valence-corrected chi connectivity index (χ2v) is 9.80. The van der Waals surface area contributed by atoms with Gasteiger partial charge in [0.25, 0.3) is 0 Å². The first kappa shape index (κ1) is 29.5. The van der Waals surface area contributed by atoms with E-state index >= 15 is 0 Å². The van der Waals surface area contributed by atoms with Crippen molar-refractivity contribution in [2.45, 2.75) is 32.6 Å². The normalized spacial score (nSPS) is 11.2. The first-order chi connectivity index (χ1) is 21.5. The second-order valence-electron chi connectivity index (χ2n) is 9.80. The second kappa shape index (κ2) is 14.3. The molecule has 4 N–H and O–H groups in total. The van der Waals surface area contributed by atoms with Crippen LogP contribution in [0.15, 0.2) is 103 Å². The van der Waals surface area contributed by atoms with Gasteiger partial charge in [-0.25, -0.2) is 0 Å². The summed E-state index contributed by atoms with van der Waals surface area (Å²) in [6, 6.07) is 32.1. The maximum Gasteiger partial charge on any atom is 0.239 e. The standard InChI is InChI=1S/C34H31N7O3/c1-2-28(31(36)42)39-34-40-32(27(20-35)33(41-34)44-22-24-13-7-4-8-14-24)38-26-16-9-15-25(19-26)30-29(17-10-18-37-30)43-21-23-11-5-3-6-12-23/h3-19,28H,2,21-22H2,1H3,(H2,36,42)(H2,38,39,40,41)/t28-/m1/s1. The van der Waals surface area contributed by atoms with Crippen LogP contribution in [0.1, 0.15) is 30.0 Å². The Labute approximate surface area is 255 Å². The van der Waals surface area contributed by atoms with Gasteiger partial charge in [0.2, 0.25) is 17.7 Å². The van der Waals surface area contributed by atoms with Crippen LogP contribution in [0, 0.1) is 11.3 Å². The Bertz CT molecular complexity index is 1760. The number of nitriles is 1. The highest BCUT2D eigenvalue weighted by Gasteiger charge is 2.20. The van der Waals surface area contributed by atoms with Gasteiger partial charge in [-0.3, -0.25) is 9.78 Å². The predicted molar refractivity (Wildman–Crippen MR) is 168 cm³/mol. The number of amides is 1. The van der Waals surface area contributed by atoms with Gasteiger partial charge in [-0.1, -0.05) is 79.7 Å². The van der Waals surface area contributed by atoms with Gasteiger partial charge in [0.05, 0.1) is 0 Å². The van der Waals surface area contributed by atoms with Gasteiger partial charge in [0.15, 0.2) is 11.4 Å². The molecule has 0 unspecified atom stereocenters. The molecule has 1 amide bonds. The Morgan fingerprint density at radius 2 is 1.61 bits per heavy atom. The van der Waals surface area contributed by atoms with E-state index in [-0.39, 0.29) is 29.8 Å². The molecule has 0 aliphatic carbocycles. The smallest absolute Gasteiger partial charge is 0.239 e. The number of ether oxygens (including phenoxy) is 2. The van der Waals surface area contributed by atoms with Crippen molar-refractivity contribution in [3.8, 4) is 29.0 Å². The van der Waals surface area contributed by atoms with Crippen LogP contribution in [-0.2, 0) is 18.0 Å². The molecule has 2 heterocycles. The molecular formula is C34H31N7O3. The Morgan fingerprint density at radius 1 is 0.909 bits per heavy atom. The van der Waals surface area contributed by atoms with Crippen molar-refractivity contribution in [1.82, 2.24) is 15.0 Å². The molecule has 0 aliphatic rings. The SMILES string of the molecule is CC[C@@H](Nc1nc(Nc2cccc(-c3ncccc3OCc3ccccc3)c2)c(C#N)c(OCc2ccccc2)n1)C(N)=O. The first-order valence-electron chi connectivity index (χ1n) is 14.1. The van der Waals surface area contributed by atoms with E-state index < -0.39 is 11.9 Å². The lowest BCUT2D eigenvalue weighted by Crippen LogP contribution is -2.35. The number of anilines is 3. The van der Waals surface area contributed by atoms with E-state index in [2.05, 4.69) is 31.7 Å². The first-order valence-corrected chi connectivity index (χ1v) is 14.1. The lowest BCUT2D eigenvalue weighted by atomic mass is 10.1. The van der Waals surface area contributed by atoms with Gasteiger partial charge < -0.3 is 25.8 Å². The molecule has 0 bridgehead atoms. The lowest BCUT2D eigenvalue weighted by molar-refractivity contribution is -0.118. The third kappa shape index (κ3) is 7.46. The van der Waals surface area contributed by atoms with Gasteiger partial charge in [-0.05, 0) is 41.8 Å². The summed E-state index contributed by atoms with van der Waals surface area (Å²) in [5, 5.41) is 16.3. The number of nitrogens with zero attached hydrogens (tertiary/aromatic N) is 4. The summed E-state index contributed by atoms with van der Waals surface area (Å²) in [5.74, 6) is 0.445. The Kier molecular flexibility index (Phi) is 9.59. The van der Waals surface area contributed by atoms with Gasteiger partial charge in [-0.2, -0.15) is 15.2 Å². The van der Waals surface area contributed by atoms with E-state index in [4.69, 9.17) is 15.2 Å². The summed E-state index contributed by atoms with van der Waals surface area (Å²) in [5.41, 5.74) is 9.70. The summed E-state index contributed by atoms with van der Waals surface area (Å²) in [6.45, 7) is 2.40. The van der Waals surface area contributed by atoms with Crippen molar-refractivity contribution >= 4 is 23.4 Å². The average Bonchev–Trinajstić information content (AvgIpc) is 3.06. The fourth-order valence-corrected chi connectivity index (χ4v) is 4.40. The number of nitrogens with two attached hydrogens (primary N) is 1. The molecule has 2 aromatic heterocycles. The van der Waals surface area contributed by atoms with E-state index in [1.54, 1.807) is 6.20 Å². The topological polar surface area (TPSA) is 148 Å². The molecule has 44 heavy (non-hydrogen) atoms. The molecule has 10 heteroatoms. The maximum atomic E-state index is 11.9. The zero-order valence-electron chi connectivity index (χ0n) is 24.1. The van der Waals surface area contributed by atoms with E-state index in [1.165, 1.54) is 0 Å². The van der Waals surface area contributed by atoms with Crippen LogP contribution >= 0.6 is 0 Å².